The highest BCUT2D eigenvalue weighted by atomic mass is 79.9. The van der Waals surface area contributed by atoms with Crippen molar-refractivity contribution in [1.82, 2.24) is 10.2 Å². The maximum absolute atomic E-state index is 3.68. The van der Waals surface area contributed by atoms with Crippen LogP contribution >= 0.6 is 27.3 Å². The number of rotatable bonds is 4. The van der Waals surface area contributed by atoms with Crippen molar-refractivity contribution in [3.05, 3.63) is 56.7 Å². The largest absolute Gasteiger partial charge is 0.309 e. The van der Waals surface area contributed by atoms with Gasteiger partial charge in [-0.05, 0) is 59.6 Å². The molecule has 0 spiro atoms. The molecule has 0 aliphatic carbocycles. The van der Waals surface area contributed by atoms with Gasteiger partial charge in [-0.25, -0.2) is 0 Å². The Morgan fingerprint density at radius 1 is 1.19 bits per heavy atom. The molecule has 1 aliphatic rings. The first-order chi connectivity index (χ1) is 10.3. The summed E-state index contributed by atoms with van der Waals surface area (Å²) in [7, 11) is 0. The Hall–Kier alpha value is -0.680. The van der Waals surface area contributed by atoms with E-state index >= 15 is 0 Å². The van der Waals surface area contributed by atoms with Crippen LogP contribution in [0.15, 0.2) is 46.3 Å². The molecule has 1 atom stereocenters. The summed E-state index contributed by atoms with van der Waals surface area (Å²) >= 11 is 5.40. The number of hydrogen-bond acceptors (Lipinski definition) is 3. The minimum atomic E-state index is 0.462. The lowest BCUT2D eigenvalue weighted by molar-refractivity contribution is 0.272. The molecule has 1 aromatic heterocycles. The monoisotopic (exact) mass is 364 g/mol. The van der Waals surface area contributed by atoms with Crippen molar-refractivity contribution in [1.29, 1.82) is 0 Å². The van der Waals surface area contributed by atoms with E-state index in [1.807, 2.05) is 11.3 Å². The second kappa shape index (κ2) is 7.54. The summed E-state index contributed by atoms with van der Waals surface area (Å²) in [4.78, 5) is 4.07. The van der Waals surface area contributed by atoms with E-state index in [4.69, 9.17) is 0 Å². The normalized spacial score (nSPS) is 20.3. The molecule has 1 fully saturated rings. The van der Waals surface area contributed by atoms with Crippen LogP contribution in [0.3, 0.4) is 0 Å². The zero-order valence-corrected chi connectivity index (χ0v) is 14.5. The highest BCUT2D eigenvalue weighted by Crippen LogP contribution is 2.23. The first-order valence-electron chi connectivity index (χ1n) is 7.56. The molecule has 1 unspecified atom stereocenters. The Kier molecular flexibility index (Phi) is 5.47. The zero-order valence-electron chi connectivity index (χ0n) is 12.1. The summed E-state index contributed by atoms with van der Waals surface area (Å²) in [6.45, 7) is 4.57. The Labute approximate surface area is 139 Å². The summed E-state index contributed by atoms with van der Waals surface area (Å²) in [5.74, 6) is 0. The van der Waals surface area contributed by atoms with Gasteiger partial charge in [-0.3, -0.25) is 0 Å². The summed E-state index contributed by atoms with van der Waals surface area (Å²) in [6.07, 6.45) is 2.38. The van der Waals surface area contributed by atoms with Crippen LogP contribution in [-0.2, 0) is 6.42 Å². The van der Waals surface area contributed by atoms with Crippen LogP contribution in [0.5, 0.6) is 0 Å². The molecular formula is C17H21BrN2S. The smallest absolute Gasteiger partial charge is 0.0701 e. The average Bonchev–Trinajstić information content (AvgIpc) is 2.79. The van der Waals surface area contributed by atoms with Crippen LogP contribution in [0.4, 0.5) is 0 Å². The molecule has 2 aromatic rings. The van der Waals surface area contributed by atoms with Gasteiger partial charge in [0.25, 0.3) is 0 Å². The van der Waals surface area contributed by atoms with Gasteiger partial charge in [-0.15, -0.1) is 11.3 Å². The van der Waals surface area contributed by atoms with E-state index in [1.54, 1.807) is 0 Å². The van der Waals surface area contributed by atoms with Gasteiger partial charge in [-0.2, -0.15) is 0 Å². The first-order valence-corrected chi connectivity index (χ1v) is 9.17. The van der Waals surface area contributed by atoms with Crippen LogP contribution in [-0.4, -0.2) is 31.1 Å². The lowest BCUT2D eigenvalue weighted by Crippen LogP contribution is -2.32. The standard InChI is InChI=1S/C17H21BrN2S/c18-17-8-7-15(21-17)9-12-20-11-4-10-19-16(13-20)14-5-2-1-3-6-14/h1-3,5-8,16,19H,4,9-13H2. The topological polar surface area (TPSA) is 15.3 Å². The third-order valence-corrected chi connectivity index (χ3v) is 5.67. The number of halogens is 1. The molecule has 0 saturated carbocycles. The third-order valence-electron chi connectivity index (χ3n) is 3.99. The van der Waals surface area contributed by atoms with E-state index in [1.165, 1.54) is 27.2 Å². The second-order valence-electron chi connectivity index (χ2n) is 5.53. The number of thiophene rings is 1. The van der Waals surface area contributed by atoms with Crippen molar-refractivity contribution in [3.8, 4) is 0 Å². The van der Waals surface area contributed by atoms with Crippen molar-refractivity contribution in [2.45, 2.75) is 18.9 Å². The van der Waals surface area contributed by atoms with Crippen LogP contribution in [0.2, 0.25) is 0 Å². The number of hydrogen-bond donors (Lipinski definition) is 1. The molecule has 2 nitrogen and oxygen atoms in total. The van der Waals surface area contributed by atoms with Gasteiger partial charge >= 0.3 is 0 Å². The van der Waals surface area contributed by atoms with Crippen molar-refractivity contribution in [2.75, 3.05) is 26.2 Å². The van der Waals surface area contributed by atoms with E-state index in [0.717, 1.165) is 26.1 Å². The zero-order chi connectivity index (χ0) is 14.5. The van der Waals surface area contributed by atoms with E-state index in [0.29, 0.717) is 6.04 Å². The molecule has 1 saturated heterocycles. The van der Waals surface area contributed by atoms with Gasteiger partial charge in [0, 0.05) is 24.0 Å². The van der Waals surface area contributed by atoms with E-state index in [2.05, 4.69) is 68.6 Å². The third kappa shape index (κ3) is 4.39. The molecule has 4 heteroatoms. The second-order valence-corrected chi connectivity index (χ2v) is 8.07. The van der Waals surface area contributed by atoms with Crippen LogP contribution in [0.25, 0.3) is 0 Å². The lowest BCUT2D eigenvalue weighted by Gasteiger charge is -2.24. The minimum absolute atomic E-state index is 0.462. The summed E-state index contributed by atoms with van der Waals surface area (Å²) in [5, 5.41) is 3.68. The highest BCUT2D eigenvalue weighted by molar-refractivity contribution is 9.11. The van der Waals surface area contributed by atoms with E-state index in [-0.39, 0.29) is 0 Å². The molecule has 3 rings (SSSR count). The Morgan fingerprint density at radius 2 is 2.05 bits per heavy atom. The average molecular weight is 365 g/mol. The van der Waals surface area contributed by atoms with Gasteiger partial charge in [0.1, 0.15) is 0 Å². The number of benzene rings is 1. The molecular weight excluding hydrogens is 344 g/mol. The van der Waals surface area contributed by atoms with Crippen molar-refractivity contribution < 1.29 is 0 Å². The molecule has 112 valence electrons. The van der Waals surface area contributed by atoms with Crippen molar-refractivity contribution >= 4 is 27.3 Å². The fourth-order valence-corrected chi connectivity index (χ4v) is 4.33. The molecule has 2 heterocycles. The molecule has 1 aromatic carbocycles. The number of nitrogens with one attached hydrogen (secondary N) is 1. The molecule has 1 aliphatic heterocycles. The molecule has 21 heavy (non-hydrogen) atoms. The van der Waals surface area contributed by atoms with Gasteiger partial charge in [0.05, 0.1) is 3.79 Å². The Balaban J connectivity index is 1.60. The van der Waals surface area contributed by atoms with Gasteiger partial charge in [-0.1, -0.05) is 30.3 Å². The van der Waals surface area contributed by atoms with Crippen LogP contribution in [0.1, 0.15) is 22.9 Å². The Bertz CT molecular complexity index is 555. The predicted octanol–water partition coefficient (Wildman–Crippen LogP) is 4.09. The van der Waals surface area contributed by atoms with E-state index in [9.17, 15) is 0 Å². The maximum Gasteiger partial charge on any atom is 0.0701 e. The first kappa shape index (κ1) is 15.2. The molecule has 0 amide bonds. The maximum atomic E-state index is 3.68. The summed E-state index contributed by atoms with van der Waals surface area (Å²) in [6, 6.07) is 15.7. The molecule has 1 N–H and O–H groups in total. The van der Waals surface area contributed by atoms with Crippen LogP contribution in [0, 0.1) is 0 Å². The van der Waals surface area contributed by atoms with Gasteiger partial charge in [0.15, 0.2) is 0 Å². The summed E-state index contributed by atoms with van der Waals surface area (Å²) in [5.41, 5.74) is 1.41. The number of nitrogens with zero attached hydrogens (tertiary/aromatic N) is 1. The highest BCUT2D eigenvalue weighted by Gasteiger charge is 2.18. The molecule has 0 bridgehead atoms. The van der Waals surface area contributed by atoms with Crippen LogP contribution < -0.4 is 5.32 Å². The SMILES string of the molecule is Brc1ccc(CCN2CCCNC(c3ccccc3)C2)s1. The fraction of sp³-hybridized carbons (Fsp3) is 0.412. The van der Waals surface area contributed by atoms with Crippen molar-refractivity contribution in [3.63, 3.8) is 0 Å². The summed E-state index contributed by atoms with van der Waals surface area (Å²) < 4.78 is 1.23. The van der Waals surface area contributed by atoms with Crippen molar-refractivity contribution in [2.24, 2.45) is 0 Å². The quantitative estimate of drug-likeness (QED) is 0.878. The van der Waals surface area contributed by atoms with E-state index < -0.39 is 0 Å². The van der Waals surface area contributed by atoms with Gasteiger partial charge in [0.2, 0.25) is 0 Å². The fourth-order valence-electron chi connectivity index (χ4n) is 2.86. The minimum Gasteiger partial charge on any atom is -0.309 e. The lowest BCUT2D eigenvalue weighted by atomic mass is 10.1. The predicted molar refractivity (Wildman–Crippen MR) is 94.0 cm³/mol. The Morgan fingerprint density at radius 3 is 2.81 bits per heavy atom. The van der Waals surface area contributed by atoms with Gasteiger partial charge < -0.3 is 10.2 Å². The molecule has 0 radical (unpaired) electrons.